The van der Waals surface area contributed by atoms with E-state index >= 15 is 0 Å². The van der Waals surface area contributed by atoms with Crippen LogP contribution in [0.3, 0.4) is 0 Å². The number of hydrogen-bond donors (Lipinski definition) is 1. The predicted octanol–water partition coefficient (Wildman–Crippen LogP) is 0.159. The first kappa shape index (κ1) is 7.54. The minimum absolute atomic E-state index is 0.541. The molecule has 1 atom stereocenters. The van der Waals surface area contributed by atoms with Gasteiger partial charge >= 0.3 is 0 Å². The lowest BCUT2D eigenvalue weighted by molar-refractivity contribution is -0.109. The highest BCUT2D eigenvalue weighted by atomic mass is 16.5. The third kappa shape index (κ3) is 2.35. The number of rotatable bonds is 3. The van der Waals surface area contributed by atoms with Crippen molar-refractivity contribution in [2.45, 2.75) is 12.8 Å². The van der Waals surface area contributed by atoms with Gasteiger partial charge in [0, 0.05) is 13.2 Å². The number of ether oxygens (including phenoxy) is 1. The quantitative estimate of drug-likeness (QED) is 0.571. The average Bonchev–Trinajstić information content (AvgIpc) is 2.03. The van der Waals surface area contributed by atoms with E-state index in [1.165, 1.54) is 6.42 Å². The fourth-order valence-corrected chi connectivity index (χ4v) is 1.18. The zero-order valence-corrected chi connectivity index (χ0v) is 6.01. The number of carbonyl (C=O) groups is 1. The molecule has 1 rings (SSSR count). The highest BCUT2D eigenvalue weighted by molar-refractivity contribution is 5.45. The molecule has 0 aromatic heterocycles. The maximum atomic E-state index is 9.90. The average molecular weight is 143 g/mol. The van der Waals surface area contributed by atoms with Gasteiger partial charge in [-0.15, -0.1) is 0 Å². The smallest absolute Gasteiger partial charge is 0.207 e. The van der Waals surface area contributed by atoms with Gasteiger partial charge in [-0.05, 0) is 18.8 Å². The summed E-state index contributed by atoms with van der Waals surface area (Å²) in [6.07, 6.45) is 3.06. The van der Waals surface area contributed by atoms with Crippen molar-refractivity contribution in [3.05, 3.63) is 0 Å². The van der Waals surface area contributed by atoms with Crippen LogP contribution in [0.4, 0.5) is 0 Å². The molecule has 1 aliphatic rings. The minimum Gasteiger partial charge on any atom is -0.381 e. The maximum Gasteiger partial charge on any atom is 0.207 e. The second-order valence-corrected chi connectivity index (χ2v) is 2.61. The molecule has 0 aromatic rings. The number of amides is 1. The van der Waals surface area contributed by atoms with Crippen LogP contribution in [-0.2, 0) is 9.53 Å². The first-order chi connectivity index (χ1) is 4.93. The molecule has 1 aliphatic heterocycles. The highest BCUT2D eigenvalue weighted by Crippen LogP contribution is 2.11. The van der Waals surface area contributed by atoms with Gasteiger partial charge < -0.3 is 10.1 Å². The topological polar surface area (TPSA) is 38.3 Å². The van der Waals surface area contributed by atoms with Gasteiger partial charge in [-0.25, -0.2) is 0 Å². The van der Waals surface area contributed by atoms with E-state index in [0.717, 1.165) is 32.6 Å². The molecule has 0 bridgehead atoms. The van der Waals surface area contributed by atoms with Gasteiger partial charge in [0.15, 0.2) is 0 Å². The summed E-state index contributed by atoms with van der Waals surface area (Å²) in [5, 5.41) is 2.66. The summed E-state index contributed by atoms with van der Waals surface area (Å²) in [7, 11) is 0. The summed E-state index contributed by atoms with van der Waals surface area (Å²) in [5.41, 5.74) is 0. The van der Waals surface area contributed by atoms with Crippen LogP contribution in [0.2, 0.25) is 0 Å². The summed E-state index contributed by atoms with van der Waals surface area (Å²) in [4.78, 5) is 9.90. The Balaban J connectivity index is 2.07. The second kappa shape index (κ2) is 4.28. The monoisotopic (exact) mass is 143 g/mol. The molecular weight excluding hydrogens is 130 g/mol. The van der Waals surface area contributed by atoms with Crippen LogP contribution >= 0.6 is 0 Å². The van der Waals surface area contributed by atoms with E-state index < -0.39 is 0 Å². The summed E-state index contributed by atoms with van der Waals surface area (Å²) in [5.74, 6) is 0.541. The van der Waals surface area contributed by atoms with Crippen molar-refractivity contribution in [2.75, 3.05) is 19.8 Å². The van der Waals surface area contributed by atoms with Crippen molar-refractivity contribution >= 4 is 6.41 Å². The number of carbonyl (C=O) groups excluding carboxylic acids is 1. The Bertz CT molecular complexity index is 99.8. The molecule has 1 N–H and O–H groups in total. The van der Waals surface area contributed by atoms with Gasteiger partial charge in [-0.3, -0.25) is 4.79 Å². The van der Waals surface area contributed by atoms with Gasteiger partial charge in [0.05, 0.1) is 6.61 Å². The van der Waals surface area contributed by atoms with E-state index in [1.54, 1.807) is 0 Å². The molecular formula is C7H13NO2. The molecule has 0 radical (unpaired) electrons. The van der Waals surface area contributed by atoms with Crippen molar-refractivity contribution < 1.29 is 9.53 Å². The van der Waals surface area contributed by atoms with Crippen molar-refractivity contribution in [3.8, 4) is 0 Å². The third-order valence-electron chi connectivity index (χ3n) is 1.74. The third-order valence-corrected chi connectivity index (χ3v) is 1.74. The molecule has 10 heavy (non-hydrogen) atoms. The molecule has 1 amide bonds. The maximum absolute atomic E-state index is 9.90. The molecule has 0 aromatic carbocycles. The molecule has 0 aliphatic carbocycles. The van der Waals surface area contributed by atoms with E-state index in [9.17, 15) is 4.79 Å². The number of nitrogens with one attached hydrogen (secondary N) is 1. The lowest BCUT2D eigenvalue weighted by atomic mass is 10.0. The largest absolute Gasteiger partial charge is 0.381 e. The lowest BCUT2D eigenvalue weighted by Crippen LogP contribution is -2.28. The molecule has 1 saturated heterocycles. The van der Waals surface area contributed by atoms with Crippen LogP contribution in [-0.4, -0.2) is 26.2 Å². The van der Waals surface area contributed by atoms with Crippen LogP contribution in [0.5, 0.6) is 0 Å². The summed E-state index contributed by atoms with van der Waals surface area (Å²) >= 11 is 0. The normalized spacial score (nSPS) is 25.8. The van der Waals surface area contributed by atoms with Gasteiger partial charge in [0.25, 0.3) is 0 Å². The highest BCUT2D eigenvalue weighted by Gasteiger charge is 2.12. The van der Waals surface area contributed by atoms with E-state index in [-0.39, 0.29) is 0 Å². The Morgan fingerprint density at radius 3 is 3.20 bits per heavy atom. The Hall–Kier alpha value is -0.570. The summed E-state index contributed by atoms with van der Waals surface area (Å²) in [6, 6.07) is 0. The second-order valence-electron chi connectivity index (χ2n) is 2.61. The molecule has 1 unspecified atom stereocenters. The van der Waals surface area contributed by atoms with Crippen molar-refractivity contribution in [3.63, 3.8) is 0 Å². The standard InChI is InChI=1S/C7H13NO2/c9-6-8-4-7-2-1-3-10-5-7/h6-7H,1-5H2,(H,8,9). The van der Waals surface area contributed by atoms with E-state index in [0.29, 0.717) is 5.92 Å². The number of hydrogen-bond acceptors (Lipinski definition) is 2. The summed E-state index contributed by atoms with van der Waals surface area (Å²) < 4.78 is 5.22. The zero-order chi connectivity index (χ0) is 7.23. The van der Waals surface area contributed by atoms with E-state index in [2.05, 4.69) is 5.32 Å². The van der Waals surface area contributed by atoms with Crippen LogP contribution in [0.1, 0.15) is 12.8 Å². The fourth-order valence-electron chi connectivity index (χ4n) is 1.18. The Morgan fingerprint density at radius 2 is 2.60 bits per heavy atom. The molecule has 0 spiro atoms. The van der Waals surface area contributed by atoms with Crippen molar-refractivity contribution in [2.24, 2.45) is 5.92 Å². The van der Waals surface area contributed by atoms with Crippen LogP contribution in [0.15, 0.2) is 0 Å². The van der Waals surface area contributed by atoms with E-state index in [1.807, 2.05) is 0 Å². The molecule has 1 heterocycles. The lowest BCUT2D eigenvalue weighted by Gasteiger charge is -2.20. The molecule has 0 saturated carbocycles. The van der Waals surface area contributed by atoms with Gasteiger partial charge in [0.2, 0.25) is 6.41 Å². The molecule has 1 fully saturated rings. The van der Waals surface area contributed by atoms with Gasteiger partial charge in [-0.1, -0.05) is 0 Å². The molecule has 3 nitrogen and oxygen atoms in total. The molecule has 3 heteroatoms. The summed E-state index contributed by atoms with van der Waals surface area (Å²) in [6.45, 7) is 2.46. The van der Waals surface area contributed by atoms with E-state index in [4.69, 9.17) is 4.74 Å². The van der Waals surface area contributed by atoms with Crippen molar-refractivity contribution in [1.29, 1.82) is 0 Å². The fraction of sp³-hybridized carbons (Fsp3) is 0.857. The Labute approximate surface area is 60.7 Å². The zero-order valence-electron chi connectivity index (χ0n) is 6.01. The molecule has 58 valence electrons. The first-order valence-corrected chi connectivity index (χ1v) is 3.68. The SMILES string of the molecule is O=CNCC1CCCOC1. The van der Waals surface area contributed by atoms with Crippen LogP contribution < -0.4 is 5.32 Å². The first-order valence-electron chi connectivity index (χ1n) is 3.68. The van der Waals surface area contributed by atoms with Crippen LogP contribution in [0.25, 0.3) is 0 Å². The predicted molar refractivity (Wildman–Crippen MR) is 37.6 cm³/mol. The Morgan fingerprint density at radius 1 is 1.70 bits per heavy atom. The Kier molecular flexibility index (Phi) is 3.22. The van der Waals surface area contributed by atoms with Gasteiger partial charge in [-0.2, -0.15) is 0 Å². The van der Waals surface area contributed by atoms with Gasteiger partial charge in [0.1, 0.15) is 0 Å². The van der Waals surface area contributed by atoms with Crippen LogP contribution in [0, 0.1) is 5.92 Å². The minimum atomic E-state index is 0.541. The van der Waals surface area contributed by atoms with Crippen molar-refractivity contribution in [1.82, 2.24) is 5.32 Å².